The lowest BCUT2D eigenvalue weighted by molar-refractivity contribution is 0.0398. The molecule has 7 heteroatoms. The third-order valence-electron chi connectivity index (χ3n) is 5.37. The molecule has 1 heterocycles. The predicted octanol–water partition coefficient (Wildman–Crippen LogP) is 4.24. The average molecular weight is 421 g/mol. The van der Waals surface area contributed by atoms with E-state index in [9.17, 15) is 4.79 Å². The Morgan fingerprint density at radius 1 is 0.968 bits per heavy atom. The van der Waals surface area contributed by atoms with Crippen LogP contribution < -0.4 is 20.7 Å². The molecule has 3 aromatic carbocycles. The minimum Gasteiger partial charge on any atom is -0.495 e. The molecule has 2 amide bonds. The maximum Gasteiger partial charge on any atom is 0.323 e. The van der Waals surface area contributed by atoms with Crippen LogP contribution in [0.15, 0.2) is 60.7 Å². The lowest BCUT2D eigenvalue weighted by Gasteiger charge is -2.27. The van der Waals surface area contributed by atoms with E-state index in [4.69, 9.17) is 9.47 Å². The second-order valence-electron chi connectivity index (χ2n) is 7.37. The number of ether oxygens (including phenoxy) is 2. The van der Waals surface area contributed by atoms with Crippen molar-refractivity contribution in [2.75, 3.05) is 62.5 Å². The van der Waals surface area contributed by atoms with E-state index in [1.54, 1.807) is 7.11 Å². The van der Waals surface area contributed by atoms with Crippen molar-refractivity contribution in [3.05, 3.63) is 60.7 Å². The summed E-state index contributed by atoms with van der Waals surface area (Å²) in [5, 5.41) is 11.4. The Balaban J connectivity index is 1.45. The highest BCUT2D eigenvalue weighted by Crippen LogP contribution is 2.32. The monoisotopic (exact) mass is 420 g/mol. The van der Waals surface area contributed by atoms with Crippen LogP contribution in [0.25, 0.3) is 10.8 Å². The van der Waals surface area contributed by atoms with Gasteiger partial charge in [0.15, 0.2) is 0 Å². The fraction of sp³-hybridized carbons (Fsp3) is 0.292. The van der Waals surface area contributed by atoms with Crippen LogP contribution in [0.1, 0.15) is 0 Å². The van der Waals surface area contributed by atoms with Gasteiger partial charge in [0.05, 0.1) is 31.7 Å². The van der Waals surface area contributed by atoms with Gasteiger partial charge in [-0.3, -0.25) is 4.90 Å². The van der Waals surface area contributed by atoms with Gasteiger partial charge in [0.25, 0.3) is 0 Å². The first kappa shape index (κ1) is 21.0. The number of morpholine rings is 1. The van der Waals surface area contributed by atoms with E-state index < -0.39 is 0 Å². The molecule has 0 aliphatic carbocycles. The molecule has 3 aromatic rings. The standard InChI is InChI=1S/C24H28N4O3/c1-30-22-11-5-10-21(23(22)25-12-13-28-14-16-31-17-15-28)27-24(29)26-20-9-4-7-18-6-2-3-8-19(18)20/h2-11,25H,12-17H2,1H3,(H2,26,27,29). The number of urea groups is 1. The molecule has 0 saturated carbocycles. The van der Waals surface area contributed by atoms with Crippen molar-refractivity contribution in [1.29, 1.82) is 0 Å². The van der Waals surface area contributed by atoms with Crippen LogP contribution in [0.5, 0.6) is 5.75 Å². The Bertz CT molecular complexity index is 1030. The highest BCUT2D eigenvalue weighted by molar-refractivity contribution is 6.07. The number of nitrogens with one attached hydrogen (secondary N) is 3. The fourth-order valence-corrected chi connectivity index (χ4v) is 3.76. The predicted molar refractivity (Wildman–Crippen MR) is 125 cm³/mol. The van der Waals surface area contributed by atoms with Crippen LogP contribution in [-0.4, -0.2) is 57.4 Å². The number of nitrogens with zero attached hydrogens (tertiary/aromatic N) is 1. The van der Waals surface area contributed by atoms with E-state index in [1.165, 1.54) is 0 Å². The van der Waals surface area contributed by atoms with Crippen LogP contribution >= 0.6 is 0 Å². The van der Waals surface area contributed by atoms with Gasteiger partial charge in [-0.1, -0.05) is 42.5 Å². The third kappa shape index (κ3) is 5.25. The smallest absolute Gasteiger partial charge is 0.323 e. The zero-order chi connectivity index (χ0) is 21.5. The van der Waals surface area contributed by atoms with E-state index in [2.05, 4.69) is 20.9 Å². The Hall–Kier alpha value is -3.29. The molecule has 1 saturated heterocycles. The summed E-state index contributed by atoms with van der Waals surface area (Å²) in [5.74, 6) is 0.685. The Morgan fingerprint density at radius 2 is 1.68 bits per heavy atom. The number of hydrogen-bond donors (Lipinski definition) is 3. The lowest BCUT2D eigenvalue weighted by atomic mass is 10.1. The quantitative estimate of drug-likeness (QED) is 0.533. The number of carbonyl (C=O) groups excluding carboxylic acids is 1. The van der Waals surface area contributed by atoms with E-state index >= 15 is 0 Å². The van der Waals surface area contributed by atoms with Gasteiger partial charge in [0, 0.05) is 31.6 Å². The lowest BCUT2D eigenvalue weighted by Crippen LogP contribution is -2.39. The second-order valence-corrected chi connectivity index (χ2v) is 7.37. The fourth-order valence-electron chi connectivity index (χ4n) is 3.76. The zero-order valence-electron chi connectivity index (χ0n) is 17.7. The molecule has 1 fully saturated rings. The molecule has 0 unspecified atom stereocenters. The topological polar surface area (TPSA) is 74.9 Å². The van der Waals surface area contributed by atoms with Gasteiger partial charge in [-0.15, -0.1) is 0 Å². The zero-order valence-corrected chi connectivity index (χ0v) is 17.7. The van der Waals surface area contributed by atoms with Crippen molar-refractivity contribution >= 4 is 33.9 Å². The van der Waals surface area contributed by atoms with Crippen LogP contribution in [0, 0.1) is 0 Å². The van der Waals surface area contributed by atoms with Crippen LogP contribution in [0.4, 0.5) is 21.9 Å². The van der Waals surface area contributed by atoms with Gasteiger partial charge in [-0.25, -0.2) is 4.79 Å². The Kier molecular flexibility index (Phi) is 6.86. The van der Waals surface area contributed by atoms with Gasteiger partial charge in [-0.05, 0) is 23.6 Å². The molecule has 0 aromatic heterocycles. The summed E-state index contributed by atoms with van der Waals surface area (Å²) in [6, 6.07) is 19.1. The highest BCUT2D eigenvalue weighted by atomic mass is 16.5. The average Bonchev–Trinajstić information content (AvgIpc) is 2.81. The molecule has 7 nitrogen and oxygen atoms in total. The maximum absolute atomic E-state index is 12.8. The molecule has 0 bridgehead atoms. The molecule has 1 aliphatic rings. The number of rotatable bonds is 7. The minimum absolute atomic E-state index is 0.305. The van der Waals surface area contributed by atoms with E-state index in [-0.39, 0.29) is 6.03 Å². The van der Waals surface area contributed by atoms with Crippen molar-refractivity contribution in [2.45, 2.75) is 0 Å². The first-order valence-corrected chi connectivity index (χ1v) is 10.5. The van der Waals surface area contributed by atoms with Gasteiger partial charge >= 0.3 is 6.03 Å². The molecule has 0 radical (unpaired) electrons. The molecule has 0 spiro atoms. The summed E-state index contributed by atoms with van der Waals surface area (Å²) in [6.07, 6.45) is 0. The summed E-state index contributed by atoms with van der Waals surface area (Å²) in [7, 11) is 1.63. The number of anilines is 3. The van der Waals surface area contributed by atoms with Crippen molar-refractivity contribution in [3.8, 4) is 5.75 Å². The molecule has 31 heavy (non-hydrogen) atoms. The van der Waals surface area contributed by atoms with E-state index in [0.29, 0.717) is 11.4 Å². The number of hydrogen-bond acceptors (Lipinski definition) is 5. The SMILES string of the molecule is COc1cccc(NC(=O)Nc2cccc3ccccc23)c1NCCN1CCOCC1. The first-order chi connectivity index (χ1) is 15.2. The molecule has 0 atom stereocenters. The normalized spacial score (nSPS) is 14.2. The summed E-state index contributed by atoms with van der Waals surface area (Å²) in [6.45, 7) is 5.05. The minimum atomic E-state index is -0.305. The van der Waals surface area contributed by atoms with E-state index in [0.717, 1.165) is 61.5 Å². The molecule has 162 valence electrons. The van der Waals surface area contributed by atoms with Crippen molar-refractivity contribution < 1.29 is 14.3 Å². The van der Waals surface area contributed by atoms with Crippen molar-refractivity contribution in [3.63, 3.8) is 0 Å². The molecular weight excluding hydrogens is 392 g/mol. The largest absolute Gasteiger partial charge is 0.495 e. The Morgan fingerprint density at radius 3 is 2.52 bits per heavy atom. The number of amides is 2. The molecule has 3 N–H and O–H groups in total. The van der Waals surface area contributed by atoms with Crippen LogP contribution in [0.2, 0.25) is 0 Å². The molecule has 4 rings (SSSR count). The van der Waals surface area contributed by atoms with Crippen molar-refractivity contribution in [2.24, 2.45) is 0 Å². The van der Waals surface area contributed by atoms with Crippen molar-refractivity contribution in [1.82, 2.24) is 4.90 Å². The van der Waals surface area contributed by atoms with Gasteiger partial charge < -0.3 is 25.4 Å². The van der Waals surface area contributed by atoms with Gasteiger partial charge in [-0.2, -0.15) is 0 Å². The first-order valence-electron chi connectivity index (χ1n) is 10.5. The highest BCUT2D eigenvalue weighted by Gasteiger charge is 2.14. The Labute approximate surface area is 182 Å². The molecule has 1 aliphatic heterocycles. The number of benzene rings is 3. The van der Waals surface area contributed by atoms with Crippen LogP contribution in [-0.2, 0) is 4.74 Å². The summed E-state index contributed by atoms with van der Waals surface area (Å²) < 4.78 is 10.9. The second kappa shape index (κ2) is 10.1. The van der Waals surface area contributed by atoms with E-state index in [1.807, 2.05) is 60.7 Å². The third-order valence-corrected chi connectivity index (χ3v) is 5.37. The number of methoxy groups -OCH3 is 1. The number of fused-ring (bicyclic) bond motifs is 1. The number of carbonyl (C=O) groups is 1. The van der Waals surface area contributed by atoms with Gasteiger partial charge in [0.1, 0.15) is 11.4 Å². The summed E-state index contributed by atoms with van der Waals surface area (Å²) >= 11 is 0. The molecular formula is C24H28N4O3. The van der Waals surface area contributed by atoms with Crippen LogP contribution in [0.3, 0.4) is 0 Å². The summed E-state index contributed by atoms with van der Waals surface area (Å²) in [5.41, 5.74) is 2.20. The van der Waals surface area contributed by atoms with Gasteiger partial charge in [0.2, 0.25) is 0 Å². The maximum atomic E-state index is 12.8. The number of para-hydroxylation sites is 1. The summed E-state index contributed by atoms with van der Waals surface area (Å²) in [4.78, 5) is 15.1.